The van der Waals surface area contributed by atoms with E-state index < -0.39 is 10.8 Å². The first-order valence-corrected chi connectivity index (χ1v) is 7.34. The second kappa shape index (κ2) is 7.56. The predicted molar refractivity (Wildman–Crippen MR) is 91.2 cm³/mol. The fourth-order valence-corrected chi connectivity index (χ4v) is 2.27. The molecule has 8 heteroatoms. The Morgan fingerprint density at radius 1 is 1.17 bits per heavy atom. The van der Waals surface area contributed by atoms with E-state index in [9.17, 15) is 19.7 Å². The number of nitro groups is 1. The van der Waals surface area contributed by atoms with Gasteiger partial charge in [-0.25, -0.2) is 0 Å². The van der Waals surface area contributed by atoms with Crippen LogP contribution in [-0.4, -0.2) is 16.7 Å². The highest BCUT2D eigenvalue weighted by Gasteiger charge is 2.16. The molecule has 24 heavy (non-hydrogen) atoms. The fourth-order valence-electron chi connectivity index (χ4n) is 2.11. The lowest BCUT2D eigenvalue weighted by atomic mass is 10.1. The maximum Gasteiger partial charge on any atom is 0.273 e. The molecule has 0 saturated carbocycles. The first-order chi connectivity index (χ1) is 11.4. The smallest absolute Gasteiger partial charge is 0.273 e. The molecule has 0 spiro atoms. The van der Waals surface area contributed by atoms with E-state index >= 15 is 0 Å². The van der Waals surface area contributed by atoms with Gasteiger partial charge in [0.25, 0.3) is 5.69 Å². The molecule has 0 radical (unpaired) electrons. The Bertz CT molecular complexity index is 808. The van der Waals surface area contributed by atoms with Crippen molar-refractivity contribution in [3.63, 3.8) is 0 Å². The molecule has 0 aromatic heterocycles. The SMILES string of the molecule is CC(=O)Nc1ccc(Cl)c(NC(=O)Cc2ccccc2[N+](=O)[O-])c1. The first kappa shape index (κ1) is 17.4. The number of halogens is 1. The Labute approximate surface area is 142 Å². The van der Waals surface area contributed by atoms with Crippen molar-refractivity contribution < 1.29 is 14.5 Å². The summed E-state index contributed by atoms with van der Waals surface area (Å²) in [4.78, 5) is 33.7. The summed E-state index contributed by atoms with van der Waals surface area (Å²) < 4.78 is 0. The molecule has 0 bridgehead atoms. The van der Waals surface area contributed by atoms with Crippen LogP contribution < -0.4 is 10.6 Å². The molecular formula is C16H14ClN3O4. The number of hydrogen-bond donors (Lipinski definition) is 2. The Kier molecular flexibility index (Phi) is 5.49. The number of carbonyl (C=O) groups is 2. The van der Waals surface area contributed by atoms with Gasteiger partial charge in [-0.15, -0.1) is 0 Å². The molecule has 0 aliphatic carbocycles. The molecule has 2 N–H and O–H groups in total. The van der Waals surface area contributed by atoms with Crippen LogP contribution in [0.3, 0.4) is 0 Å². The van der Waals surface area contributed by atoms with Crippen molar-refractivity contribution in [2.45, 2.75) is 13.3 Å². The molecule has 0 heterocycles. The fraction of sp³-hybridized carbons (Fsp3) is 0.125. The molecule has 0 saturated heterocycles. The highest BCUT2D eigenvalue weighted by Crippen LogP contribution is 2.26. The van der Waals surface area contributed by atoms with E-state index in [-0.39, 0.29) is 18.0 Å². The summed E-state index contributed by atoms with van der Waals surface area (Å²) in [6, 6.07) is 10.7. The molecule has 0 unspecified atom stereocenters. The van der Waals surface area contributed by atoms with Crippen molar-refractivity contribution in [2.24, 2.45) is 0 Å². The Balaban J connectivity index is 2.16. The van der Waals surface area contributed by atoms with Gasteiger partial charge in [0.05, 0.1) is 22.1 Å². The van der Waals surface area contributed by atoms with Crippen LogP contribution in [0, 0.1) is 10.1 Å². The van der Waals surface area contributed by atoms with Gasteiger partial charge >= 0.3 is 0 Å². The molecule has 2 aromatic rings. The summed E-state index contributed by atoms with van der Waals surface area (Å²) in [6.07, 6.45) is -0.169. The van der Waals surface area contributed by atoms with E-state index in [0.717, 1.165) is 0 Å². The third-order valence-electron chi connectivity index (χ3n) is 3.10. The topological polar surface area (TPSA) is 101 Å². The summed E-state index contributed by atoms with van der Waals surface area (Å²) in [7, 11) is 0. The van der Waals surface area contributed by atoms with Crippen LogP contribution in [0.25, 0.3) is 0 Å². The number of amides is 2. The average Bonchev–Trinajstić information content (AvgIpc) is 2.50. The monoisotopic (exact) mass is 347 g/mol. The van der Waals surface area contributed by atoms with E-state index in [0.29, 0.717) is 22.0 Å². The predicted octanol–water partition coefficient (Wildman–Crippen LogP) is 3.39. The molecule has 2 aromatic carbocycles. The van der Waals surface area contributed by atoms with Gasteiger partial charge in [0.2, 0.25) is 11.8 Å². The van der Waals surface area contributed by atoms with Crippen LogP contribution in [0.5, 0.6) is 0 Å². The minimum Gasteiger partial charge on any atom is -0.326 e. The van der Waals surface area contributed by atoms with Crippen LogP contribution in [0.2, 0.25) is 5.02 Å². The number of rotatable bonds is 5. The van der Waals surface area contributed by atoms with Crippen molar-refractivity contribution in [1.82, 2.24) is 0 Å². The number of benzene rings is 2. The lowest BCUT2D eigenvalue weighted by molar-refractivity contribution is -0.385. The number of para-hydroxylation sites is 1. The van der Waals surface area contributed by atoms with Gasteiger partial charge < -0.3 is 10.6 Å². The molecule has 0 atom stereocenters. The maximum absolute atomic E-state index is 12.2. The maximum atomic E-state index is 12.2. The normalized spacial score (nSPS) is 10.1. The molecule has 0 fully saturated rings. The Hall–Kier alpha value is -2.93. The van der Waals surface area contributed by atoms with Gasteiger partial charge in [0.1, 0.15) is 0 Å². The minimum atomic E-state index is -0.535. The zero-order valence-electron chi connectivity index (χ0n) is 12.7. The number of nitrogens with one attached hydrogen (secondary N) is 2. The van der Waals surface area contributed by atoms with E-state index in [1.54, 1.807) is 12.1 Å². The zero-order valence-corrected chi connectivity index (χ0v) is 13.5. The summed E-state index contributed by atoms with van der Waals surface area (Å²) in [5.41, 5.74) is 0.972. The molecule has 0 aliphatic heterocycles. The molecule has 124 valence electrons. The third-order valence-corrected chi connectivity index (χ3v) is 3.43. The largest absolute Gasteiger partial charge is 0.326 e. The summed E-state index contributed by atoms with van der Waals surface area (Å²) in [5.74, 6) is -0.708. The Morgan fingerprint density at radius 3 is 2.54 bits per heavy atom. The van der Waals surface area contributed by atoms with E-state index in [2.05, 4.69) is 10.6 Å². The average molecular weight is 348 g/mol. The standard InChI is InChI=1S/C16H14ClN3O4/c1-10(21)18-12-6-7-13(17)14(9-12)19-16(22)8-11-4-2-3-5-15(11)20(23)24/h2-7,9H,8H2,1H3,(H,18,21)(H,19,22). The van der Waals surface area contributed by atoms with Crippen LogP contribution in [0.15, 0.2) is 42.5 Å². The summed E-state index contributed by atoms with van der Waals surface area (Å²) >= 11 is 6.03. The van der Waals surface area contributed by atoms with Gasteiger partial charge in [-0.05, 0) is 18.2 Å². The van der Waals surface area contributed by atoms with Gasteiger partial charge in [-0.3, -0.25) is 19.7 Å². The lowest BCUT2D eigenvalue weighted by Gasteiger charge is -2.10. The van der Waals surface area contributed by atoms with Crippen LogP contribution in [0.1, 0.15) is 12.5 Å². The third kappa shape index (κ3) is 4.53. The number of nitro benzene ring substituents is 1. The molecule has 2 rings (SSSR count). The van der Waals surface area contributed by atoms with Gasteiger partial charge in [-0.1, -0.05) is 29.8 Å². The molecule has 7 nitrogen and oxygen atoms in total. The first-order valence-electron chi connectivity index (χ1n) is 6.96. The second-order valence-corrected chi connectivity index (χ2v) is 5.39. The summed E-state index contributed by atoms with van der Waals surface area (Å²) in [5, 5.41) is 16.4. The van der Waals surface area contributed by atoms with Crippen LogP contribution in [0.4, 0.5) is 17.1 Å². The van der Waals surface area contributed by atoms with Crippen molar-refractivity contribution in [2.75, 3.05) is 10.6 Å². The van der Waals surface area contributed by atoms with Crippen molar-refractivity contribution in [3.05, 3.63) is 63.2 Å². The van der Waals surface area contributed by atoms with E-state index in [1.807, 2.05) is 0 Å². The van der Waals surface area contributed by atoms with Gasteiger partial charge in [-0.2, -0.15) is 0 Å². The number of nitrogens with zero attached hydrogens (tertiary/aromatic N) is 1. The zero-order chi connectivity index (χ0) is 17.7. The van der Waals surface area contributed by atoms with Crippen molar-refractivity contribution in [3.8, 4) is 0 Å². The Morgan fingerprint density at radius 2 is 1.88 bits per heavy atom. The summed E-state index contributed by atoms with van der Waals surface area (Å²) in [6.45, 7) is 1.36. The van der Waals surface area contributed by atoms with Crippen LogP contribution >= 0.6 is 11.6 Å². The number of carbonyl (C=O) groups excluding carboxylic acids is 2. The molecule has 0 aliphatic rings. The van der Waals surface area contributed by atoms with Crippen molar-refractivity contribution >= 4 is 40.5 Å². The van der Waals surface area contributed by atoms with E-state index in [1.165, 1.54) is 37.3 Å². The minimum absolute atomic E-state index is 0.120. The lowest BCUT2D eigenvalue weighted by Crippen LogP contribution is -2.16. The second-order valence-electron chi connectivity index (χ2n) is 4.99. The quantitative estimate of drug-likeness (QED) is 0.639. The highest BCUT2D eigenvalue weighted by molar-refractivity contribution is 6.33. The molecular weight excluding hydrogens is 334 g/mol. The van der Waals surface area contributed by atoms with Crippen molar-refractivity contribution in [1.29, 1.82) is 0 Å². The van der Waals surface area contributed by atoms with E-state index in [4.69, 9.17) is 11.6 Å². The number of hydrogen-bond acceptors (Lipinski definition) is 4. The van der Waals surface area contributed by atoms with Crippen LogP contribution in [-0.2, 0) is 16.0 Å². The highest BCUT2D eigenvalue weighted by atomic mass is 35.5. The van der Waals surface area contributed by atoms with Gasteiger partial charge in [0, 0.05) is 24.2 Å². The van der Waals surface area contributed by atoms with Gasteiger partial charge in [0.15, 0.2) is 0 Å². The number of anilines is 2. The molecule has 2 amide bonds.